The number of methoxy groups -OCH3 is 1. The molecule has 0 aliphatic carbocycles. The van der Waals surface area contributed by atoms with Gasteiger partial charge >= 0.3 is 0 Å². The number of benzene rings is 1. The second-order valence-electron chi connectivity index (χ2n) is 6.18. The topological polar surface area (TPSA) is 60.5 Å². The third-order valence-corrected chi connectivity index (χ3v) is 4.15. The first-order chi connectivity index (χ1) is 11.6. The van der Waals surface area contributed by atoms with Crippen LogP contribution in [0.1, 0.15) is 27.3 Å². The summed E-state index contributed by atoms with van der Waals surface area (Å²) < 4.78 is 11.2. The fourth-order valence-corrected chi connectivity index (χ4v) is 3.05. The highest BCUT2D eigenvalue weighted by molar-refractivity contribution is 5.94. The van der Waals surface area contributed by atoms with E-state index in [-0.39, 0.29) is 11.8 Å². The van der Waals surface area contributed by atoms with Crippen LogP contribution in [-0.4, -0.2) is 31.2 Å². The SMILES string of the molecule is COc1cccc2c1OC[C@@H](CNC(=O)c1cc(C)nc(C)c1)C2. The molecule has 24 heavy (non-hydrogen) atoms. The molecule has 0 saturated heterocycles. The fraction of sp³-hybridized carbons (Fsp3) is 0.368. The summed E-state index contributed by atoms with van der Waals surface area (Å²) in [5.41, 5.74) is 3.47. The van der Waals surface area contributed by atoms with Crippen LogP contribution in [0.5, 0.6) is 11.5 Å². The van der Waals surface area contributed by atoms with Crippen LogP contribution < -0.4 is 14.8 Å². The molecule has 0 bridgehead atoms. The predicted octanol–water partition coefficient (Wildman–Crippen LogP) is 2.69. The van der Waals surface area contributed by atoms with Gasteiger partial charge in [0.2, 0.25) is 0 Å². The maximum absolute atomic E-state index is 12.3. The Labute approximate surface area is 142 Å². The van der Waals surface area contributed by atoms with Gasteiger partial charge in [-0.1, -0.05) is 12.1 Å². The van der Waals surface area contributed by atoms with Gasteiger partial charge in [-0.15, -0.1) is 0 Å². The van der Waals surface area contributed by atoms with Gasteiger partial charge in [0.05, 0.1) is 13.7 Å². The molecule has 3 rings (SSSR count). The van der Waals surface area contributed by atoms with Crippen molar-refractivity contribution in [2.75, 3.05) is 20.3 Å². The van der Waals surface area contributed by atoms with E-state index >= 15 is 0 Å². The van der Waals surface area contributed by atoms with Crippen molar-refractivity contribution in [1.82, 2.24) is 10.3 Å². The molecular weight excluding hydrogens is 304 g/mol. The van der Waals surface area contributed by atoms with Gasteiger partial charge in [-0.05, 0) is 44.0 Å². The fourth-order valence-electron chi connectivity index (χ4n) is 3.05. The first kappa shape index (κ1) is 16.3. The number of amides is 1. The number of carbonyl (C=O) groups is 1. The lowest BCUT2D eigenvalue weighted by molar-refractivity contribution is 0.0938. The highest BCUT2D eigenvalue weighted by Gasteiger charge is 2.23. The number of nitrogens with one attached hydrogen (secondary N) is 1. The Hall–Kier alpha value is -2.56. The number of pyridine rings is 1. The maximum Gasteiger partial charge on any atom is 0.251 e. The van der Waals surface area contributed by atoms with E-state index in [1.54, 1.807) is 19.2 Å². The third-order valence-electron chi connectivity index (χ3n) is 4.15. The summed E-state index contributed by atoms with van der Waals surface area (Å²) in [7, 11) is 1.64. The van der Waals surface area contributed by atoms with Gasteiger partial charge < -0.3 is 14.8 Å². The van der Waals surface area contributed by atoms with Crippen molar-refractivity contribution in [2.45, 2.75) is 20.3 Å². The van der Waals surface area contributed by atoms with Gasteiger partial charge in [0, 0.05) is 29.4 Å². The third kappa shape index (κ3) is 3.50. The smallest absolute Gasteiger partial charge is 0.251 e. The summed E-state index contributed by atoms with van der Waals surface area (Å²) in [5.74, 6) is 1.76. The number of aromatic nitrogens is 1. The van der Waals surface area contributed by atoms with Gasteiger partial charge in [0.25, 0.3) is 5.91 Å². The van der Waals surface area contributed by atoms with Crippen molar-refractivity contribution in [2.24, 2.45) is 5.92 Å². The first-order valence-corrected chi connectivity index (χ1v) is 8.09. The molecule has 1 N–H and O–H groups in total. The van der Waals surface area contributed by atoms with Gasteiger partial charge in [-0.25, -0.2) is 0 Å². The minimum atomic E-state index is -0.0694. The number of nitrogens with zero attached hydrogens (tertiary/aromatic N) is 1. The molecule has 1 aromatic carbocycles. The Morgan fingerprint density at radius 3 is 2.79 bits per heavy atom. The monoisotopic (exact) mass is 326 g/mol. The number of fused-ring (bicyclic) bond motifs is 1. The Kier molecular flexibility index (Phi) is 4.69. The molecule has 0 fully saturated rings. The molecule has 5 nitrogen and oxygen atoms in total. The molecule has 1 atom stereocenters. The summed E-state index contributed by atoms with van der Waals surface area (Å²) in [6, 6.07) is 9.51. The quantitative estimate of drug-likeness (QED) is 0.938. The highest BCUT2D eigenvalue weighted by Crippen LogP contribution is 2.35. The van der Waals surface area contributed by atoms with Crippen molar-refractivity contribution >= 4 is 5.91 Å². The molecule has 2 aromatic rings. The van der Waals surface area contributed by atoms with Crippen LogP contribution in [0.15, 0.2) is 30.3 Å². The Morgan fingerprint density at radius 2 is 2.08 bits per heavy atom. The van der Waals surface area contributed by atoms with Crippen LogP contribution in [0.4, 0.5) is 0 Å². The van der Waals surface area contributed by atoms with Crippen LogP contribution in [0.3, 0.4) is 0 Å². The van der Waals surface area contributed by atoms with Crippen molar-refractivity contribution in [1.29, 1.82) is 0 Å². The zero-order valence-electron chi connectivity index (χ0n) is 14.3. The molecule has 2 heterocycles. The molecule has 1 aromatic heterocycles. The van der Waals surface area contributed by atoms with E-state index in [9.17, 15) is 4.79 Å². The van der Waals surface area contributed by atoms with E-state index in [2.05, 4.69) is 10.3 Å². The number of hydrogen-bond acceptors (Lipinski definition) is 4. The number of carbonyl (C=O) groups excluding carboxylic acids is 1. The summed E-state index contributed by atoms with van der Waals surface area (Å²) >= 11 is 0. The number of para-hydroxylation sites is 1. The van der Waals surface area contributed by atoms with E-state index in [0.29, 0.717) is 18.7 Å². The van der Waals surface area contributed by atoms with Gasteiger partial charge in [0.1, 0.15) is 0 Å². The highest BCUT2D eigenvalue weighted by atomic mass is 16.5. The standard InChI is InChI=1S/C19H22N2O3/c1-12-7-16(8-13(2)21-12)19(22)20-10-14-9-15-5-4-6-17(23-3)18(15)24-11-14/h4-8,14H,9-11H2,1-3H3,(H,20,22)/t14-/m1/s1. The predicted molar refractivity (Wildman–Crippen MR) is 91.7 cm³/mol. The largest absolute Gasteiger partial charge is 0.493 e. The van der Waals surface area contributed by atoms with Gasteiger partial charge in [0.15, 0.2) is 11.5 Å². The van der Waals surface area contributed by atoms with E-state index in [1.165, 1.54) is 0 Å². The lowest BCUT2D eigenvalue weighted by Crippen LogP contribution is -2.35. The molecule has 0 radical (unpaired) electrons. The summed E-state index contributed by atoms with van der Waals surface area (Å²) in [6.45, 7) is 4.93. The van der Waals surface area contributed by atoms with Crippen molar-refractivity contribution < 1.29 is 14.3 Å². The van der Waals surface area contributed by atoms with Crippen molar-refractivity contribution in [3.8, 4) is 11.5 Å². The van der Waals surface area contributed by atoms with Crippen LogP contribution >= 0.6 is 0 Å². The summed E-state index contributed by atoms with van der Waals surface area (Å²) in [6.07, 6.45) is 0.862. The minimum Gasteiger partial charge on any atom is -0.493 e. The molecular formula is C19H22N2O3. The molecule has 126 valence electrons. The number of ether oxygens (including phenoxy) is 2. The summed E-state index contributed by atoms with van der Waals surface area (Å²) in [5, 5.41) is 3.00. The van der Waals surface area contributed by atoms with E-state index in [1.807, 2.05) is 32.0 Å². The van der Waals surface area contributed by atoms with Crippen molar-refractivity contribution in [3.05, 3.63) is 52.8 Å². The van der Waals surface area contributed by atoms with E-state index < -0.39 is 0 Å². The normalized spacial score (nSPS) is 16.0. The average Bonchev–Trinajstić information content (AvgIpc) is 2.58. The molecule has 1 aliphatic rings. The lowest BCUT2D eigenvalue weighted by Gasteiger charge is -2.26. The molecule has 0 saturated carbocycles. The number of hydrogen-bond donors (Lipinski definition) is 1. The second-order valence-corrected chi connectivity index (χ2v) is 6.18. The van der Waals surface area contributed by atoms with E-state index in [0.717, 1.165) is 34.9 Å². The van der Waals surface area contributed by atoms with Crippen LogP contribution in [0.25, 0.3) is 0 Å². The van der Waals surface area contributed by atoms with Crippen LogP contribution in [0.2, 0.25) is 0 Å². The zero-order chi connectivity index (χ0) is 17.1. The van der Waals surface area contributed by atoms with Gasteiger partial charge in [-0.2, -0.15) is 0 Å². The Bertz CT molecular complexity index is 738. The van der Waals surface area contributed by atoms with Gasteiger partial charge in [-0.3, -0.25) is 9.78 Å². The second kappa shape index (κ2) is 6.91. The molecule has 1 aliphatic heterocycles. The molecule has 0 unspecified atom stereocenters. The van der Waals surface area contributed by atoms with Crippen LogP contribution in [0, 0.1) is 19.8 Å². The summed E-state index contributed by atoms with van der Waals surface area (Å²) in [4.78, 5) is 16.6. The molecule has 1 amide bonds. The molecule has 0 spiro atoms. The number of rotatable bonds is 4. The van der Waals surface area contributed by atoms with Crippen molar-refractivity contribution in [3.63, 3.8) is 0 Å². The lowest BCUT2D eigenvalue weighted by atomic mass is 9.96. The Balaban J connectivity index is 1.62. The maximum atomic E-state index is 12.3. The number of aryl methyl sites for hydroxylation is 2. The minimum absolute atomic E-state index is 0.0694. The Morgan fingerprint density at radius 1 is 1.33 bits per heavy atom. The average molecular weight is 326 g/mol. The molecule has 5 heteroatoms. The van der Waals surface area contributed by atoms with Crippen LogP contribution in [-0.2, 0) is 6.42 Å². The first-order valence-electron chi connectivity index (χ1n) is 8.09. The van der Waals surface area contributed by atoms with E-state index in [4.69, 9.17) is 9.47 Å². The zero-order valence-corrected chi connectivity index (χ0v) is 14.3.